The van der Waals surface area contributed by atoms with Crippen LogP contribution in [0.3, 0.4) is 0 Å². The summed E-state index contributed by atoms with van der Waals surface area (Å²) in [6.07, 6.45) is 0.772. The topological polar surface area (TPSA) is 63.4 Å². The highest BCUT2D eigenvalue weighted by atomic mass is 16.2. The Morgan fingerprint density at radius 3 is 2.33 bits per heavy atom. The van der Waals surface area contributed by atoms with Crippen LogP contribution in [-0.4, -0.2) is 18.4 Å². The first-order chi connectivity index (χ1) is 7.16. The van der Waals surface area contributed by atoms with E-state index in [0.29, 0.717) is 12.2 Å². The number of primary amides is 1. The van der Waals surface area contributed by atoms with Crippen molar-refractivity contribution in [1.82, 2.24) is 0 Å². The maximum absolute atomic E-state index is 11.5. The van der Waals surface area contributed by atoms with E-state index in [2.05, 4.69) is 0 Å². The third-order valence-electron chi connectivity index (χ3n) is 1.97. The molecule has 0 fully saturated rings. The van der Waals surface area contributed by atoms with Crippen LogP contribution in [0.5, 0.6) is 0 Å². The van der Waals surface area contributed by atoms with Gasteiger partial charge in [-0.1, -0.05) is 25.1 Å². The Labute approximate surface area is 88.7 Å². The lowest BCUT2D eigenvalue weighted by Gasteiger charge is -2.20. The van der Waals surface area contributed by atoms with Gasteiger partial charge in [-0.15, -0.1) is 0 Å². The Morgan fingerprint density at radius 1 is 1.27 bits per heavy atom. The number of carbonyl (C=O) groups is 2. The predicted octanol–water partition coefficient (Wildman–Crippen LogP) is 0.915. The summed E-state index contributed by atoms with van der Waals surface area (Å²) in [6.45, 7) is 2.43. The van der Waals surface area contributed by atoms with Crippen LogP contribution in [0.4, 0.5) is 5.69 Å². The zero-order chi connectivity index (χ0) is 11.3. The van der Waals surface area contributed by atoms with Gasteiger partial charge in [-0.2, -0.15) is 0 Å². The number of benzene rings is 1. The molecule has 1 rings (SSSR count). The highest BCUT2D eigenvalue weighted by Gasteiger charge is 2.19. The van der Waals surface area contributed by atoms with Gasteiger partial charge in [0.25, 0.3) is 0 Å². The molecule has 2 N–H and O–H groups in total. The number of anilines is 1. The number of hydrogen-bond donors (Lipinski definition) is 1. The molecule has 15 heavy (non-hydrogen) atoms. The van der Waals surface area contributed by atoms with E-state index in [1.807, 2.05) is 25.1 Å². The van der Waals surface area contributed by atoms with Gasteiger partial charge in [-0.25, -0.2) is 0 Å². The molecule has 0 unspecified atom stereocenters. The fraction of sp³-hybridized carbons (Fsp3) is 0.273. The van der Waals surface area contributed by atoms with Gasteiger partial charge in [0, 0.05) is 12.2 Å². The van der Waals surface area contributed by atoms with Crippen molar-refractivity contribution in [1.29, 1.82) is 0 Å². The van der Waals surface area contributed by atoms with Gasteiger partial charge < -0.3 is 10.6 Å². The molecule has 2 amide bonds. The fourth-order valence-electron chi connectivity index (χ4n) is 1.31. The van der Waals surface area contributed by atoms with Crippen molar-refractivity contribution < 1.29 is 9.59 Å². The summed E-state index contributed by atoms with van der Waals surface area (Å²) in [5, 5.41) is 0. The first-order valence-electron chi connectivity index (χ1n) is 4.83. The van der Waals surface area contributed by atoms with E-state index >= 15 is 0 Å². The summed E-state index contributed by atoms with van der Waals surface area (Å²) in [4.78, 5) is 23.7. The van der Waals surface area contributed by atoms with E-state index in [0.717, 1.165) is 6.42 Å². The quantitative estimate of drug-likeness (QED) is 0.747. The van der Waals surface area contributed by atoms with Crippen molar-refractivity contribution in [3.8, 4) is 0 Å². The molecule has 0 aliphatic carbocycles. The van der Waals surface area contributed by atoms with E-state index < -0.39 is 11.8 Å². The molecule has 0 radical (unpaired) electrons. The lowest BCUT2D eigenvalue weighted by atomic mass is 10.2. The van der Waals surface area contributed by atoms with Crippen LogP contribution in [0.2, 0.25) is 0 Å². The average molecular weight is 206 g/mol. The molecular weight excluding hydrogens is 192 g/mol. The lowest BCUT2D eigenvalue weighted by molar-refractivity contribution is -0.135. The maximum Gasteiger partial charge on any atom is 0.316 e. The second-order valence-electron chi connectivity index (χ2n) is 3.16. The molecule has 4 heteroatoms. The van der Waals surface area contributed by atoms with Gasteiger partial charge in [0.2, 0.25) is 0 Å². The van der Waals surface area contributed by atoms with E-state index in [9.17, 15) is 9.59 Å². The number of amides is 2. The number of hydrogen-bond acceptors (Lipinski definition) is 2. The molecule has 0 aliphatic rings. The third kappa shape index (κ3) is 2.80. The minimum atomic E-state index is -0.924. The van der Waals surface area contributed by atoms with Crippen molar-refractivity contribution >= 4 is 17.5 Å². The summed E-state index contributed by atoms with van der Waals surface area (Å²) >= 11 is 0. The maximum atomic E-state index is 11.5. The Kier molecular flexibility index (Phi) is 3.85. The van der Waals surface area contributed by atoms with Crippen molar-refractivity contribution in [3.05, 3.63) is 30.3 Å². The zero-order valence-corrected chi connectivity index (χ0v) is 8.64. The van der Waals surface area contributed by atoms with Gasteiger partial charge in [0.1, 0.15) is 0 Å². The minimum absolute atomic E-state index is 0.492. The van der Waals surface area contributed by atoms with E-state index in [1.165, 1.54) is 4.90 Å². The van der Waals surface area contributed by atoms with Crippen molar-refractivity contribution in [3.63, 3.8) is 0 Å². The van der Waals surface area contributed by atoms with Crippen LogP contribution >= 0.6 is 0 Å². The van der Waals surface area contributed by atoms with Gasteiger partial charge in [0.15, 0.2) is 0 Å². The largest absolute Gasteiger partial charge is 0.361 e. The Bertz CT molecular complexity index is 349. The minimum Gasteiger partial charge on any atom is -0.361 e. The standard InChI is InChI=1S/C11H14N2O2/c1-2-8-13(11(15)10(12)14)9-6-4-3-5-7-9/h3-7H,2,8H2,1H3,(H2,12,14). The fourth-order valence-corrected chi connectivity index (χ4v) is 1.31. The molecule has 0 aliphatic heterocycles. The molecule has 0 heterocycles. The average Bonchev–Trinajstić information content (AvgIpc) is 2.26. The number of carbonyl (C=O) groups excluding carboxylic acids is 2. The van der Waals surface area contributed by atoms with Crippen LogP contribution in [0.1, 0.15) is 13.3 Å². The van der Waals surface area contributed by atoms with Gasteiger partial charge in [-0.05, 0) is 18.6 Å². The number of para-hydroxylation sites is 1. The summed E-state index contributed by atoms with van der Waals surface area (Å²) in [5.41, 5.74) is 5.67. The van der Waals surface area contributed by atoms with Gasteiger partial charge >= 0.3 is 11.8 Å². The van der Waals surface area contributed by atoms with E-state index in [4.69, 9.17) is 5.73 Å². The normalized spacial score (nSPS) is 9.67. The molecule has 4 nitrogen and oxygen atoms in total. The molecule has 0 bridgehead atoms. The summed E-state index contributed by atoms with van der Waals surface area (Å²) in [5.74, 6) is -1.59. The monoisotopic (exact) mass is 206 g/mol. The zero-order valence-electron chi connectivity index (χ0n) is 8.64. The van der Waals surface area contributed by atoms with Crippen LogP contribution in [0.15, 0.2) is 30.3 Å². The molecule has 0 spiro atoms. The number of rotatable bonds is 3. The van der Waals surface area contributed by atoms with Crippen LogP contribution in [0.25, 0.3) is 0 Å². The Balaban J connectivity index is 2.93. The first-order valence-corrected chi connectivity index (χ1v) is 4.83. The van der Waals surface area contributed by atoms with Crippen LogP contribution in [-0.2, 0) is 9.59 Å². The Morgan fingerprint density at radius 2 is 1.87 bits per heavy atom. The third-order valence-corrected chi connectivity index (χ3v) is 1.97. The molecule has 0 aromatic heterocycles. The van der Waals surface area contributed by atoms with Crippen molar-refractivity contribution in [2.45, 2.75) is 13.3 Å². The molecule has 0 atom stereocenters. The van der Waals surface area contributed by atoms with Crippen molar-refractivity contribution in [2.24, 2.45) is 5.73 Å². The van der Waals surface area contributed by atoms with Gasteiger partial charge in [0.05, 0.1) is 0 Å². The van der Waals surface area contributed by atoms with Gasteiger partial charge in [-0.3, -0.25) is 9.59 Å². The number of nitrogens with zero attached hydrogens (tertiary/aromatic N) is 1. The summed E-state index contributed by atoms with van der Waals surface area (Å²) < 4.78 is 0. The van der Waals surface area contributed by atoms with Crippen LogP contribution in [0, 0.1) is 0 Å². The first kappa shape index (κ1) is 11.2. The number of nitrogens with two attached hydrogens (primary N) is 1. The Hall–Kier alpha value is -1.84. The smallest absolute Gasteiger partial charge is 0.316 e. The molecule has 1 aromatic rings. The highest BCUT2D eigenvalue weighted by molar-refractivity contribution is 6.39. The molecular formula is C11H14N2O2. The molecule has 1 aromatic carbocycles. The second-order valence-corrected chi connectivity index (χ2v) is 3.16. The molecule has 0 saturated heterocycles. The van der Waals surface area contributed by atoms with Crippen LogP contribution < -0.4 is 10.6 Å². The summed E-state index contributed by atoms with van der Waals surface area (Å²) in [6, 6.07) is 9.02. The van der Waals surface area contributed by atoms with E-state index in [-0.39, 0.29) is 0 Å². The molecule has 0 saturated carbocycles. The second kappa shape index (κ2) is 5.14. The molecule has 80 valence electrons. The predicted molar refractivity (Wildman–Crippen MR) is 58.3 cm³/mol. The highest BCUT2D eigenvalue weighted by Crippen LogP contribution is 2.13. The van der Waals surface area contributed by atoms with Crippen molar-refractivity contribution in [2.75, 3.05) is 11.4 Å². The summed E-state index contributed by atoms with van der Waals surface area (Å²) in [7, 11) is 0. The van der Waals surface area contributed by atoms with E-state index in [1.54, 1.807) is 12.1 Å². The SMILES string of the molecule is CCCN(C(=O)C(N)=O)c1ccccc1. The lowest BCUT2D eigenvalue weighted by Crippen LogP contribution is -2.40.